The van der Waals surface area contributed by atoms with Crippen LogP contribution in [0, 0.1) is 5.82 Å². The van der Waals surface area contributed by atoms with E-state index in [9.17, 15) is 17.6 Å². The summed E-state index contributed by atoms with van der Waals surface area (Å²) in [6.45, 7) is 0. The number of hydrogen-bond donors (Lipinski definition) is 0. The number of hydrogen-bond acceptors (Lipinski definition) is 4. The smallest absolute Gasteiger partial charge is 0.263 e. The third-order valence-corrected chi connectivity index (χ3v) is 6.71. The lowest BCUT2D eigenvalue weighted by atomic mass is 9.96. The molecule has 0 aliphatic heterocycles. The molecule has 28 heavy (non-hydrogen) atoms. The number of aromatic nitrogens is 1. The van der Waals surface area contributed by atoms with Gasteiger partial charge in [-0.25, -0.2) is 17.1 Å². The minimum Gasteiger partial charge on any atom is -0.268 e. The molecule has 0 amide bonds. The quantitative estimate of drug-likeness (QED) is 0.785. The summed E-state index contributed by atoms with van der Waals surface area (Å²) in [6.07, 6.45) is 7.03. The second-order valence-corrected chi connectivity index (χ2v) is 9.21. The Bertz CT molecular complexity index is 1040. The SMILES string of the molecule is CN(C)S(=O)(=O)c1cc(C(=O)n2ccccc2=NC2CCCCC2)ccc1F. The lowest BCUT2D eigenvalue weighted by Gasteiger charge is -2.18. The van der Waals surface area contributed by atoms with Crippen molar-refractivity contribution >= 4 is 15.9 Å². The van der Waals surface area contributed by atoms with Crippen molar-refractivity contribution in [1.29, 1.82) is 0 Å². The molecule has 1 aliphatic rings. The molecule has 0 N–H and O–H groups in total. The fourth-order valence-electron chi connectivity index (χ4n) is 3.28. The zero-order valence-corrected chi connectivity index (χ0v) is 16.8. The van der Waals surface area contributed by atoms with Crippen LogP contribution in [-0.2, 0) is 10.0 Å². The van der Waals surface area contributed by atoms with Gasteiger partial charge in [0.05, 0.1) is 6.04 Å². The van der Waals surface area contributed by atoms with E-state index in [1.54, 1.807) is 24.4 Å². The van der Waals surface area contributed by atoms with Gasteiger partial charge in [-0.05, 0) is 43.2 Å². The van der Waals surface area contributed by atoms with Crippen molar-refractivity contribution in [2.24, 2.45) is 4.99 Å². The summed E-state index contributed by atoms with van der Waals surface area (Å²) in [7, 11) is -1.37. The van der Waals surface area contributed by atoms with Crippen LogP contribution < -0.4 is 5.49 Å². The third kappa shape index (κ3) is 4.23. The van der Waals surface area contributed by atoms with Crippen molar-refractivity contribution in [3.63, 3.8) is 0 Å². The van der Waals surface area contributed by atoms with E-state index < -0.39 is 26.6 Å². The van der Waals surface area contributed by atoms with Crippen molar-refractivity contribution in [3.05, 3.63) is 59.5 Å². The van der Waals surface area contributed by atoms with Crippen molar-refractivity contribution in [2.45, 2.75) is 43.0 Å². The Morgan fingerprint density at radius 3 is 2.54 bits per heavy atom. The minimum absolute atomic E-state index is 0.0816. The molecule has 1 aliphatic carbocycles. The van der Waals surface area contributed by atoms with E-state index in [1.165, 1.54) is 31.1 Å². The van der Waals surface area contributed by atoms with Crippen molar-refractivity contribution in [2.75, 3.05) is 14.1 Å². The lowest BCUT2D eigenvalue weighted by molar-refractivity contribution is 0.0954. The number of halogens is 1. The van der Waals surface area contributed by atoms with Crippen LogP contribution in [0.1, 0.15) is 42.5 Å². The fraction of sp³-hybridized carbons (Fsp3) is 0.400. The van der Waals surface area contributed by atoms with Crippen LogP contribution in [0.5, 0.6) is 0 Å². The second-order valence-electron chi connectivity index (χ2n) is 7.09. The van der Waals surface area contributed by atoms with Gasteiger partial charge in [-0.3, -0.25) is 14.4 Å². The fourth-order valence-corrected chi connectivity index (χ4v) is 4.26. The van der Waals surface area contributed by atoms with Crippen LogP contribution in [0.25, 0.3) is 0 Å². The van der Waals surface area contributed by atoms with E-state index >= 15 is 0 Å². The van der Waals surface area contributed by atoms with Crippen molar-refractivity contribution in [3.8, 4) is 0 Å². The maximum Gasteiger partial charge on any atom is 0.263 e. The summed E-state index contributed by atoms with van der Waals surface area (Å²) in [5.74, 6) is -1.35. The molecule has 1 heterocycles. The molecule has 0 spiro atoms. The number of carbonyl (C=O) groups excluding carboxylic acids is 1. The van der Waals surface area contributed by atoms with Gasteiger partial charge in [-0.15, -0.1) is 0 Å². The van der Waals surface area contributed by atoms with Crippen LogP contribution in [0.4, 0.5) is 4.39 Å². The largest absolute Gasteiger partial charge is 0.268 e. The summed E-state index contributed by atoms with van der Waals surface area (Å²) in [5.41, 5.74) is 0.596. The Morgan fingerprint density at radius 2 is 1.86 bits per heavy atom. The van der Waals surface area contributed by atoms with Gasteiger partial charge in [0.25, 0.3) is 5.91 Å². The van der Waals surface area contributed by atoms with Crippen LogP contribution >= 0.6 is 0 Å². The van der Waals surface area contributed by atoms with E-state index in [2.05, 4.69) is 0 Å². The van der Waals surface area contributed by atoms with E-state index in [4.69, 9.17) is 4.99 Å². The molecular weight excluding hydrogens is 381 g/mol. The summed E-state index contributed by atoms with van der Waals surface area (Å²) in [5, 5.41) is 0. The first kappa shape index (κ1) is 20.4. The summed E-state index contributed by atoms with van der Waals surface area (Å²) < 4.78 is 41.1. The Balaban J connectivity index is 2.03. The van der Waals surface area contributed by atoms with Gasteiger partial charge in [0, 0.05) is 25.9 Å². The number of rotatable bonds is 4. The molecule has 6 nitrogen and oxygen atoms in total. The molecule has 1 aromatic carbocycles. The van der Waals surface area contributed by atoms with Gasteiger partial charge in [0.2, 0.25) is 10.0 Å². The summed E-state index contributed by atoms with van der Waals surface area (Å²) in [4.78, 5) is 17.2. The van der Waals surface area contributed by atoms with Gasteiger partial charge >= 0.3 is 0 Å². The normalized spacial score (nSPS) is 16.5. The molecule has 1 fully saturated rings. The summed E-state index contributed by atoms with van der Waals surface area (Å²) in [6, 6.07) is 8.82. The average molecular weight is 405 g/mol. The van der Waals surface area contributed by atoms with Crippen molar-refractivity contribution in [1.82, 2.24) is 8.87 Å². The molecule has 0 radical (unpaired) electrons. The van der Waals surface area contributed by atoms with Crippen LogP contribution in [0.15, 0.2) is 52.5 Å². The van der Waals surface area contributed by atoms with Gasteiger partial charge < -0.3 is 0 Å². The molecule has 1 aromatic heterocycles. The molecule has 0 saturated heterocycles. The van der Waals surface area contributed by atoms with E-state index in [1.807, 2.05) is 0 Å². The summed E-state index contributed by atoms with van der Waals surface area (Å²) >= 11 is 0. The topological polar surface area (TPSA) is 71.7 Å². The molecule has 3 rings (SSSR count). The lowest BCUT2D eigenvalue weighted by Crippen LogP contribution is -2.30. The van der Waals surface area contributed by atoms with E-state index in [0.29, 0.717) is 5.49 Å². The number of carbonyl (C=O) groups is 1. The predicted octanol–water partition coefficient (Wildman–Crippen LogP) is 2.80. The van der Waals surface area contributed by atoms with E-state index in [-0.39, 0.29) is 11.6 Å². The molecule has 0 unspecified atom stereocenters. The molecular formula is C20H24FN3O3S. The van der Waals surface area contributed by atoms with E-state index in [0.717, 1.165) is 42.1 Å². The molecule has 0 bridgehead atoms. The maximum atomic E-state index is 14.1. The monoisotopic (exact) mass is 405 g/mol. The number of pyridine rings is 1. The molecule has 1 saturated carbocycles. The first-order chi connectivity index (χ1) is 13.3. The standard InChI is InChI=1S/C20H24FN3O3S/c1-23(2)28(26,27)18-14-15(11-12-17(18)21)20(25)24-13-7-6-10-19(24)22-16-8-4-3-5-9-16/h6-7,10-14,16H,3-5,8-9H2,1-2H3. The van der Waals surface area contributed by atoms with Gasteiger partial charge in [0.1, 0.15) is 16.2 Å². The molecule has 0 atom stereocenters. The molecule has 2 aromatic rings. The predicted molar refractivity (Wildman–Crippen MR) is 104 cm³/mol. The molecule has 8 heteroatoms. The Hall–Kier alpha value is -2.32. The van der Waals surface area contributed by atoms with Crippen LogP contribution in [0.3, 0.4) is 0 Å². The van der Waals surface area contributed by atoms with Gasteiger partial charge in [0.15, 0.2) is 0 Å². The third-order valence-electron chi connectivity index (χ3n) is 4.88. The highest BCUT2D eigenvalue weighted by molar-refractivity contribution is 7.89. The Kier molecular flexibility index (Phi) is 6.10. The highest BCUT2D eigenvalue weighted by Gasteiger charge is 2.24. The number of nitrogens with zero attached hydrogens (tertiary/aromatic N) is 3. The maximum absolute atomic E-state index is 14.1. The highest BCUT2D eigenvalue weighted by Crippen LogP contribution is 2.21. The second kappa shape index (κ2) is 8.36. The van der Waals surface area contributed by atoms with Crippen LogP contribution in [0.2, 0.25) is 0 Å². The first-order valence-corrected chi connectivity index (χ1v) is 10.7. The van der Waals surface area contributed by atoms with Crippen molar-refractivity contribution < 1.29 is 17.6 Å². The zero-order chi connectivity index (χ0) is 20.3. The number of sulfonamides is 1. The number of benzene rings is 1. The highest BCUT2D eigenvalue weighted by atomic mass is 32.2. The van der Waals surface area contributed by atoms with Gasteiger partial charge in [-0.1, -0.05) is 25.3 Å². The Morgan fingerprint density at radius 1 is 1.14 bits per heavy atom. The Labute approximate surface area is 164 Å². The minimum atomic E-state index is -4.01. The molecule has 150 valence electrons. The average Bonchev–Trinajstić information content (AvgIpc) is 2.69. The van der Waals surface area contributed by atoms with Crippen LogP contribution in [-0.4, -0.2) is 43.3 Å². The first-order valence-electron chi connectivity index (χ1n) is 9.29. The van der Waals surface area contributed by atoms with Gasteiger partial charge in [-0.2, -0.15) is 0 Å². The zero-order valence-electron chi connectivity index (χ0n) is 16.0.